The predicted octanol–water partition coefficient (Wildman–Crippen LogP) is 2.11. The monoisotopic (exact) mass is 262 g/mol. The highest BCUT2D eigenvalue weighted by atomic mass is 16.3. The van der Waals surface area contributed by atoms with Crippen molar-refractivity contribution in [2.75, 3.05) is 24.6 Å². The second-order valence-corrected chi connectivity index (χ2v) is 5.56. The van der Waals surface area contributed by atoms with Gasteiger partial charge in [-0.25, -0.2) is 0 Å². The van der Waals surface area contributed by atoms with Crippen molar-refractivity contribution in [2.24, 2.45) is 0 Å². The summed E-state index contributed by atoms with van der Waals surface area (Å²) in [5.74, 6) is 0. The van der Waals surface area contributed by atoms with Crippen molar-refractivity contribution >= 4 is 5.69 Å². The lowest BCUT2D eigenvalue weighted by molar-refractivity contribution is 0.260. The van der Waals surface area contributed by atoms with Gasteiger partial charge in [-0.3, -0.25) is 0 Å². The summed E-state index contributed by atoms with van der Waals surface area (Å²) in [4.78, 5) is 2.51. The molecular weight excluding hydrogens is 236 g/mol. The maximum Gasteiger partial charge on any atom is 0.0451 e. The maximum absolute atomic E-state index is 9.29. The second-order valence-electron chi connectivity index (χ2n) is 5.56. The average Bonchev–Trinajstić information content (AvgIpc) is 2.41. The van der Waals surface area contributed by atoms with Crippen LogP contribution in [0.5, 0.6) is 0 Å². The molecule has 0 saturated carbocycles. The van der Waals surface area contributed by atoms with E-state index in [-0.39, 0.29) is 6.61 Å². The maximum atomic E-state index is 9.29. The summed E-state index contributed by atoms with van der Waals surface area (Å²) in [6.45, 7) is 8.86. The minimum absolute atomic E-state index is 0.255. The summed E-state index contributed by atoms with van der Waals surface area (Å²) in [6, 6.07) is 7.46. The molecule has 1 aliphatic rings. The third-order valence-electron chi connectivity index (χ3n) is 4.07. The minimum atomic E-state index is 0.255. The Balaban J connectivity index is 2.35. The van der Waals surface area contributed by atoms with E-state index in [1.165, 1.54) is 16.8 Å². The fourth-order valence-corrected chi connectivity index (χ4v) is 3.05. The van der Waals surface area contributed by atoms with Crippen LogP contribution in [0.25, 0.3) is 0 Å². The number of benzene rings is 1. The molecule has 1 aromatic rings. The van der Waals surface area contributed by atoms with Crippen molar-refractivity contribution in [1.82, 2.24) is 5.32 Å². The zero-order valence-corrected chi connectivity index (χ0v) is 12.3. The van der Waals surface area contributed by atoms with E-state index in [1.54, 1.807) is 0 Å². The highest BCUT2D eigenvalue weighted by Crippen LogP contribution is 2.29. The number of aliphatic hydroxyl groups is 1. The third-order valence-corrected chi connectivity index (χ3v) is 4.07. The van der Waals surface area contributed by atoms with Gasteiger partial charge in [0, 0.05) is 37.5 Å². The molecule has 2 atom stereocenters. The van der Waals surface area contributed by atoms with Crippen molar-refractivity contribution in [3.63, 3.8) is 0 Å². The molecule has 0 amide bonds. The number of aryl methyl sites for hydroxylation is 2. The molecule has 0 radical (unpaired) electrons. The number of rotatable bonds is 4. The standard InChI is InChI=1S/C16H26N2O/c1-4-14-7-5-6-12(2)16(14)18-11-13(3)17-10-15(18)8-9-19/h5-7,13,15,17,19H,4,8-11H2,1-3H3. The minimum Gasteiger partial charge on any atom is -0.396 e. The van der Waals surface area contributed by atoms with Crippen molar-refractivity contribution in [3.05, 3.63) is 29.3 Å². The van der Waals surface area contributed by atoms with Crippen LogP contribution in [-0.2, 0) is 6.42 Å². The van der Waals surface area contributed by atoms with Gasteiger partial charge >= 0.3 is 0 Å². The molecule has 19 heavy (non-hydrogen) atoms. The molecule has 1 fully saturated rings. The van der Waals surface area contributed by atoms with Gasteiger partial charge in [-0.15, -0.1) is 0 Å². The number of nitrogens with zero attached hydrogens (tertiary/aromatic N) is 1. The molecule has 1 heterocycles. The molecule has 1 aromatic carbocycles. The smallest absolute Gasteiger partial charge is 0.0451 e. The number of aliphatic hydroxyl groups excluding tert-OH is 1. The van der Waals surface area contributed by atoms with E-state index in [2.05, 4.69) is 49.2 Å². The number of anilines is 1. The van der Waals surface area contributed by atoms with Crippen LogP contribution in [0.1, 0.15) is 31.4 Å². The Hall–Kier alpha value is -1.06. The van der Waals surface area contributed by atoms with E-state index in [4.69, 9.17) is 0 Å². The summed E-state index contributed by atoms with van der Waals surface area (Å²) < 4.78 is 0. The lowest BCUT2D eigenvalue weighted by atomic mass is 9.99. The van der Waals surface area contributed by atoms with Crippen LogP contribution in [0.15, 0.2) is 18.2 Å². The van der Waals surface area contributed by atoms with Crippen LogP contribution in [0.3, 0.4) is 0 Å². The van der Waals surface area contributed by atoms with E-state index in [1.807, 2.05) is 0 Å². The molecule has 3 nitrogen and oxygen atoms in total. The molecule has 0 spiro atoms. The Bertz CT molecular complexity index is 419. The quantitative estimate of drug-likeness (QED) is 0.872. The van der Waals surface area contributed by atoms with Crippen LogP contribution in [0.4, 0.5) is 5.69 Å². The molecule has 2 unspecified atom stereocenters. The molecule has 106 valence electrons. The van der Waals surface area contributed by atoms with Crippen molar-refractivity contribution in [2.45, 2.75) is 45.7 Å². The molecule has 0 bridgehead atoms. The molecule has 0 aromatic heterocycles. The van der Waals surface area contributed by atoms with E-state index in [9.17, 15) is 5.11 Å². The van der Waals surface area contributed by atoms with Crippen molar-refractivity contribution < 1.29 is 5.11 Å². The zero-order chi connectivity index (χ0) is 13.8. The lowest BCUT2D eigenvalue weighted by Crippen LogP contribution is -2.56. The van der Waals surface area contributed by atoms with Gasteiger partial charge < -0.3 is 15.3 Å². The molecule has 3 heteroatoms. The molecule has 1 saturated heterocycles. The zero-order valence-electron chi connectivity index (χ0n) is 12.3. The van der Waals surface area contributed by atoms with Crippen LogP contribution in [0.2, 0.25) is 0 Å². The number of piperazine rings is 1. The molecule has 2 rings (SSSR count). The Morgan fingerprint density at radius 3 is 2.89 bits per heavy atom. The van der Waals surface area contributed by atoms with Crippen LogP contribution < -0.4 is 10.2 Å². The molecule has 2 N–H and O–H groups in total. The number of nitrogens with one attached hydrogen (secondary N) is 1. The van der Waals surface area contributed by atoms with E-state index >= 15 is 0 Å². The fourth-order valence-electron chi connectivity index (χ4n) is 3.05. The first-order valence-corrected chi connectivity index (χ1v) is 7.36. The first-order valence-electron chi connectivity index (χ1n) is 7.36. The Labute approximate surface area is 116 Å². The van der Waals surface area contributed by atoms with Crippen molar-refractivity contribution in [1.29, 1.82) is 0 Å². The first kappa shape index (κ1) is 14.4. The average molecular weight is 262 g/mol. The highest BCUT2D eigenvalue weighted by Gasteiger charge is 2.27. The molecular formula is C16H26N2O. The molecule has 1 aliphatic heterocycles. The van der Waals surface area contributed by atoms with Gasteiger partial charge in [-0.05, 0) is 37.8 Å². The van der Waals surface area contributed by atoms with Crippen LogP contribution in [0, 0.1) is 6.92 Å². The number of hydrogen-bond donors (Lipinski definition) is 2. The summed E-state index contributed by atoms with van der Waals surface area (Å²) in [5.41, 5.74) is 4.14. The SMILES string of the molecule is CCc1cccc(C)c1N1CC(C)NCC1CCO. The van der Waals surface area contributed by atoms with Gasteiger partial charge in [0.05, 0.1) is 0 Å². The van der Waals surface area contributed by atoms with Crippen LogP contribution >= 0.6 is 0 Å². The Morgan fingerprint density at radius 1 is 1.42 bits per heavy atom. The third kappa shape index (κ3) is 3.10. The summed E-state index contributed by atoms with van der Waals surface area (Å²) in [6.07, 6.45) is 1.89. The van der Waals surface area contributed by atoms with Gasteiger partial charge in [-0.2, -0.15) is 0 Å². The van der Waals surface area contributed by atoms with Gasteiger partial charge in [0.15, 0.2) is 0 Å². The summed E-state index contributed by atoms with van der Waals surface area (Å²) in [5, 5.41) is 12.8. The Kier molecular flexibility index (Phi) is 4.83. The second kappa shape index (κ2) is 6.40. The largest absolute Gasteiger partial charge is 0.396 e. The predicted molar refractivity (Wildman–Crippen MR) is 80.9 cm³/mol. The number of para-hydroxylation sites is 1. The normalized spacial score (nSPS) is 23.7. The number of hydrogen-bond acceptors (Lipinski definition) is 3. The first-order chi connectivity index (χ1) is 9.17. The summed E-state index contributed by atoms with van der Waals surface area (Å²) in [7, 11) is 0. The highest BCUT2D eigenvalue weighted by molar-refractivity contribution is 5.60. The van der Waals surface area contributed by atoms with Gasteiger partial charge in [0.2, 0.25) is 0 Å². The Morgan fingerprint density at radius 2 is 2.21 bits per heavy atom. The van der Waals surface area contributed by atoms with Crippen LogP contribution in [-0.4, -0.2) is 36.9 Å². The van der Waals surface area contributed by atoms with E-state index in [0.717, 1.165) is 25.9 Å². The van der Waals surface area contributed by atoms with E-state index in [0.29, 0.717) is 12.1 Å². The van der Waals surface area contributed by atoms with Crippen molar-refractivity contribution in [3.8, 4) is 0 Å². The molecule has 0 aliphatic carbocycles. The fraction of sp³-hybridized carbons (Fsp3) is 0.625. The lowest BCUT2D eigenvalue weighted by Gasteiger charge is -2.42. The van der Waals surface area contributed by atoms with Gasteiger partial charge in [0.25, 0.3) is 0 Å². The van der Waals surface area contributed by atoms with E-state index < -0.39 is 0 Å². The summed E-state index contributed by atoms with van der Waals surface area (Å²) >= 11 is 0. The van der Waals surface area contributed by atoms with Gasteiger partial charge in [0.1, 0.15) is 0 Å². The topological polar surface area (TPSA) is 35.5 Å². The van der Waals surface area contributed by atoms with Gasteiger partial charge in [-0.1, -0.05) is 25.1 Å².